The molecule has 170 valence electrons. The number of esters is 1. The maximum absolute atomic E-state index is 13.0. The number of benzene rings is 1. The number of pyridine rings is 1. The van der Waals surface area contributed by atoms with Crippen LogP contribution in [0.3, 0.4) is 0 Å². The van der Waals surface area contributed by atoms with E-state index in [4.69, 9.17) is 4.74 Å². The van der Waals surface area contributed by atoms with Crippen molar-refractivity contribution in [2.24, 2.45) is 0 Å². The highest BCUT2D eigenvalue weighted by Gasteiger charge is 2.18. The number of carbonyl (C=O) groups is 1. The highest BCUT2D eigenvalue weighted by molar-refractivity contribution is 7.99. The second-order valence-corrected chi connectivity index (χ2v) is 10.00. The molecule has 0 fully saturated rings. The van der Waals surface area contributed by atoms with E-state index in [9.17, 15) is 9.59 Å². The minimum atomic E-state index is -0.488. The first-order valence-corrected chi connectivity index (χ1v) is 12.2. The molecular weight excluding hydrogens is 468 g/mol. The van der Waals surface area contributed by atoms with Crippen LogP contribution in [0.15, 0.2) is 69.6 Å². The Balaban J connectivity index is 1.41. The fourth-order valence-electron chi connectivity index (χ4n) is 3.71. The van der Waals surface area contributed by atoms with Crippen LogP contribution in [0, 0.1) is 20.8 Å². The zero-order chi connectivity index (χ0) is 23.8. The van der Waals surface area contributed by atoms with Crippen LogP contribution in [0.5, 0.6) is 0 Å². The number of rotatable bonds is 5. The molecule has 9 heteroatoms. The van der Waals surface area contributed by atoms with Crippen molar-refractivity contribution >= 4 is 44.9 Å². The average molecular weight is 489 g/mol. The van der Waals surface area contributed by atoms with E-state index in [1.807, 2.05) is 31.2 Å². The normalized spacial score (nSPS) is 11.3. The summed E-state index contributed by atoms with van der Waals surface area (Å²) >= 11 is 3.05. The minimum absolute atomic E-state index is 0.0991. The van der Waals surface area contributed by atoms with Crippen LogP contribution in [-0.4, -0.2) is 25.3 Å². The molecule has 0 unspecified atom stereocenters. The van der Waals surface area contributed by atoms with Gasteiger partial charge < -0.3 is 4.74 Å². The average Bonchev–Trinajstić information content (AvgIpc) is 3.12. The largest absolute Gasteiger partial charge is 0.456 e. The number of nitrogens with zero attached hydrogens (tertiary/aromatic N) is 4. The molecule has 5 aromatic rings. The van der Waals surface area contributed by atoms with Crippen LogP contribution in [0.2, 0.25) is 0 Å². The molecule has 0 bridgehead atoms. The van der Waals surface area contributed by atoms with E-state index < -0.39 is 5.97 Å². The van der Waals surface area contributed by atoms with Gasteiger partial charge in [0, 0.05) is 26.9 Å². The van der Waals surface area contributed by atoms with Crippen molar-refractivity contribution in [3.8, 4) is 0 Å². The SMILES string of the molecule is Cc1sc2ncnc(Sc3ccccc3C(=O)OCc3cc(=O)n4c(C)cccc4n3)c2c1C. The van der Waals surface area contributed by atoms with Crippen LogP contribution in [0.25, 0.3) is 15.9 Å². The molecule has 0 spiro atoms. The van der Waals surface area contributed by atoms with Crippen molar-refractivity contribution in [1.29, 1.82) is 0 Å². The van der Waals surface area contributed by atoms with Gasteiger partial charge >= 0.3 is 5.97 Å². The monoisotopic (exact) mass is 488 g/mol. The van der Waals surface area contributed by atoms with E-state index in [-0.39, 0.29) is 12.2 Å². The lowest BCUT2D eigenvalue weighted by Gasteiger charge is -2.10. The third-order valence-electron chi connectivity index (χ3n) is 5.53. The molecule has 0 aliphatic carbocycles. The van der Waals surface area contributed by atoms with Crippen molar-refractivity contribution < 1.29 is 9.53 Å². The number of ether oxygens (including phenoxy) is 1. The Kier molecular flexibility index (Phi) is 5.89. The third-order valence-corrected chi connectivity index (χ3v) is 7.72. The molecule has 0 saturated carbocycles. The zero-order valence-corrected chi connectivity index (χ0v) is 20.4. The van der Waals surface area contributed by atoms with Gasteiger partial charge in [-0.3, -0.25) is 9.20 Å². The quantitative estimate of drug-likeness (QED) is 0.250. The Bertz CT molecular complexity index is 1620. The molecule has 34 heavy (non-hydrogen) atoms. The second-order valence-electron chi connectivity index (χ2n) is 7.76. The van der Waals surface area contributed by atoms with Gasteiger partial charge in [0.1, 0.15) is 28.4 Å². The van der Waals surface area contributed by atoms with Gasteiger partial charge in [-0.1, -0.05) is 30.0 Å². The lowest BCUT2D eigenvalue weighted by molar-refractivity contribution is 0.0463. The number of hydrogen-bond acceptors (Lipinski definition) is 8. The summed E-state index contributed by atoms with van der Waals surface area (Å²) in [5, 5.41) is 1.81. The van der Waals surface area contributed by atoms with Gasteiger partial charge in [0.15, 0.2) is 0 Å². The Morgan fingerprint density at radius 2 is 1.91 bits per heavy atom. The van der Waals surface area contributed by atoms with Gasteiger partial charge in [-0.05, 0) is 50.6 Å². The molecule has 1 aromatic carbocycles. The first-order valence-electron chi connectivity index (χ1n) is 10.6. The molecular formula is C25H20N4O3S2. The molecule has 4 aromatic heterocycles. The number of aromatic nitrogens is 4. The van der Waals surface area contributed by atoms with E-state index in [1.54, 1.807) is 35.9 Å². The van der Waals surface area contributed by atoms with Crippen molar-refractivity contribution in [2.45, 2.75) is 37.3 Å². The number of carbonyl (C=O) groups excluding carboxylic acids is 1. The summed E-state index contributed by atoms with van der Waals surface area (Å²) in [6.45, 7) is 5.87. The Labute approximate surface area is 203 Å². The van der Waals surface area contributed by atoms with Gasteiger partial charge in [-0.15, -0.1) is 11.3 Å². The van der Waals surface area contributed by atoms with Gasteiger partial charge in [0.2, 0.25) is 0 Å². The van der Waals surface area contributed by atoms with Gasteiger partial charge in [-0.2, -0.15) is 0 Å². The predicted molar refractivity (Wildman–Crippen MR) is 133 cm³/mol. The van der Waals surface area contributed by atoms with Crippen LogP contribution in [0.1, 0.15) is 32.2 Å². The molecule has 0 N–H and O–H groups in total. The minimum Gasteiger partial charge on any atom is -0.456 e. The fraction of sp³-hybridized carbons (Fsp3) is 0.160. The topological polar surface area (TPSA) is 86.5 Å². The second kappa shape index (κ2) is 9.00. The third kappa shape index (κ3) is 4.08. The molecule has 7 nitrogen and oxygen atoms in total. The maximum Gasteiger partial charge on any atom is 0.339 e. The smallest absolute Gasteiger partial charge is 0.339 e. The van der Waals surface area contributed by atoms with Crippen molar-refractivity contribution in [1.82, 2.24) is 19.4 Å². The molecule has 0 radical (unpaired) electrons. The van der Waals surface area contributed by atoms with Crippen LogP contribution < -0.4 is 5.56 Å². The molecule has 0 aliphatic rings. The standard InChI is InChI=1S/C25H20N4O3S2/c1-14-7-6-10-20-28-17(11-21(30)29(14)20)12-32-25(31)18-8-4-5-9-19(18)34-24-22-15(2)16(3)33-23(22)26-13-27-24/h4-11,13H,12H2,1-3H3. The molecule has 0 saturated heterocycles. The Morgan fingerprint density at radius 3 is 2.76 bits per heavy atom. The van der Waals surface area contributed by atoms with E-state index in [0.717, 1.165) is 31.4 Å². The highest BCUT2D eigenvalue weighted by atomic mass is 32.2. The van der Waals surface area contributed by atoms with E-state index in [2.05, 4.69) is 28.8 Å². The molecule has 0 atom stereocenters. The lowest BCUT2D eigenvalue weighted by Crippen LogP contribution is -2.18. The van der Waals surface area contributed by atoms with Crippen LogP contribution in [0.4, 0.5) is 0 Å². The highest BCUT2D eigenvalue weighted by Crippen LogP contribution is 2.38. The summed E-state index contributed by atoms with van der Waals surface area (Å²) in [4.78, 5) is 41.7. The van der Waals surface area contributed by atoms with E-state index >= 15 is 0 Å². The fourth-order valence-corrected chi connectivity index (χ4v) is 5.84. The summed E-state index contributed by atoms with van der Waals surface area (Å²) < 4.78 is 7.07. The van der Waals surface area contributed by atoms with E-state index in [1.165, 1.54) is 27.1 Å². The molecule has 5 rings (SSSR count). The first kappa shape index (κ1) is 22.2. The molecule has 0 aliphatic heterocycles. The van der Waals surface area contributed by atoms with Crippen molar-refractivity contribution in [2.75, 3.05) is 0 Å². The Morgan fingerprint density at radius 1 is 1.09 bits per heavy atom. The first-order chi connectivity index (χ1) is 16.4. The van der Waals surface area contributed by atoms with Crippen LogP contribution in [-0.2, 0) is 11.3 Å². The number of hydrogen-bond donors (Lipinski definition) is 0. The number of thiophene rings is 1. The summed E-state index contributed by atoms with van der Waals surface area (Å²) in [7, 11) is 0. The predicted octanol–water partition coefficient (Wildman–Crippen LogP) is 5.13. The van der Waals surface area contributed by atoms with E-state index in [0.29, 0.717) is 16.9 Å². The van der Waals surface area contributed by atoms with Gasteiger partial charge in [-0.25, -0.2) is 19.7 Å². The van der Waals surface area contributed by atoms with Gasteiger partial charge in [0.05, 0.1) is 11.3 Å². The van der Waals surface area contributed by atoms with Crippen molar-refractivity contribution in [3.05, 3.63) is 92.6 Å². The summed E-state index contributed by atoms with van der Waals surface area (Å²) in [5.74, 6) is -0.488. The molecule has 4 heterocycles. The zero-order valence-electron chi connectivity index (χ0n) is 18.7. The Hall–Kier alpha value is -3.56. The summed E-state index contributed by atoms with van der Waals surface area (Å²) in [6, 6.07) is 14.1. The lowest BCUT2D eigenvalue weighted by atomic mass is 10.2. The van der Waals surface area contributed by atoms with Gasteiger partial charge in [0.25, 0.3) is 5.56 Å². The van der Waals surface area contributed by atoms with Crippen LogP contribution >= 0.6 is 23.1 Å². The van der Waals surface area contributed by atoms with Crippen molar-refractivity contribution in [3.63, 3.8) is 0 Å². The maximum atomic E-state index is 13.0. The summed E-state index contributed by atoms with van der Waals surface area (Å²) in [6.07, 6.45) is 1.55. The summed E-state index contributed by atoms with van der Waals surface area (Å²) in [5.41, 5.74) is 3.07. The number of fused-ring (bicyclic) bond motifs is 2. The number of aryl methyl sites for hydroxylation is 3. The molecule has 0 amide bonds.